The van der Waals surface area contributed by atoms with Gasteiger partial charge in [-0.1, -0.05) is 15.9 Å². The molecule has 0 aliphatic heterocycles. The van der Waals surface area contributed by atoms with Crippen LogP contribution in [0.25, 0.3) is 0 Å². The van der Waals surface area contributed by atoms with E-state index in [1.54, 1.807) is 0 Å². The lowest BCUT2D eigenvalue weighted by atomic mass is 10.1. The molecule has 1 heterocycles. The number of carboxylic acids is 1. The largest absolute Gasteiger partial charge is 0.481 e. The number of alkyl halides is 2. The monoisotopic (exact) mass is 265 g/mol. The van der Waals surface area contributed by atoms with Crippen LogP contribution in [-0.2, 0) is 11.2 Å². The van der Waals surface area contributed by atoms with E-state index in [0.717, 1.165) is 0 Å². The number of hydrogen-bond acceptors (Lipinski definition) is 2. The van der Waals surface area contributed by atoms with Gasteiger partial charge < -0.3 is 5.11 Å². The zero-order valence-electron chi connectivity index (χ0n) is 6.88. The van der Waals surface area contributed by atoms with Gasteiger partial charge in [0.2, 0.25) is 0 Å². The zero-order chi connectivity index (χ0) is 10.7. The Bertz CT molecular complexity index is 357. The van der Waals surface area contributed by atoms with E-state index < -0.39 is 18.8 Å². The van der Waals surface area contributed by atoms with Crippen LogP contribution in [0.3, 0.4) is 0 Å². The molecule has 0 bridgehead atoms. The number of pyridine rings is 1. The van der Waals surface area contributed by atoms with Crippen molar-refractivity contribution in [2.45, 2.75) is 12.8 Å². The van der Waals surface area contributed by atoms with E-state index in [4.69, 9.17) is 5.11 Å². The summed E-state index contributed by atoms with van der Waals surface area (Å²) in [6.07, 6.45) is -1.94. The van der Waals surface area contributed by atoms with E-state index in [0.29, 0.717) is 0 Å². The van der Waals surface area contributed by atoms with Crippen LogP contribution < -0.4 is 0 Å². The van der Waals surface area contributed by atoms with Crippen LogP contribution in [0.2, 0.25) is 0 Å². The minimum Gasteiger partial charge on any atom is -0.481 e. The normalized spacial score (nSPS) is 10.6. The molecule has 1 N–H and O–H groups in total. The third-order valence-electron chi connectivity index (χ3n) is 1.56. The van der Waals surface area contributed by atoms with Gasteiger partial charge in [-0.05, 0) is 6.07 Å². The highest BCUT2D eigenvalue weighted by Gasteiger charge is 2.19. The van der Waals surface area contributed by atoms with Crippen molar-refractivity contribution in [2.75, 3.05) is 0 Å². The van der Waals surface area contributed by atoms with E-state index in [9.17, 15) is 13.6 Å². The topological polar surface area (TPSA) is 50.2 Å². The maximum absolute atomic E-state index is 12.5. The molecule has 0 radical (unpaired) electrons. The lowest BCUT2D eigenvalue weighted by Crippen LogP contribution is -2.06. The SMILES string of the molecule is O=C(O)Cc1nccc(Br)c1C(F)F. The first kappa shape index (κ1) is 11.0. The third kappa shape index (κ3) is 2.47. The van der Waals surface area contributed by atoms with Crippen LogP contribution in [0.4, 0.5) is 8.78 Å². The van der Waals surface area contributed by atoms with Crippen molar-refractivity contribution in [1.82, 2.24) is 4.98 Å². The van der Waals surface area contributed by atoms with Crippen LogP contribution in [-0.4, -0.2) is 16.1 Å². The summed E-state index contributed by atoms with van der Waals surface area (Å²) in [5.41, 5.74) is -0.461. The van der Waals surface area contributed by atoms with Crippen molar-refractivity contribution in [1.29, 1.82) is 0 Å². The molecule has 0 aliphatic rings. The molecule has 0 unspecified atom stereocenters. The summed E-state index contributed by atoms with van der Waals surface area (Å²) >= 11 is 2.92. The van der Waals surface area contributed by atoms with Crippen molar-refractivity contribution < 1.29 is 18.7 Å². The molecular weight excluding hydrogens is 260 g/mol. The summed E-state index contributed by atoms with van der Waals surface area (Å²) in [6, 6.07) is 1.35. The van der Waals surface area contributed by atoms with Crippen LogP contribution >= 0.6 is 15.9 Å². The summed E-state index contributed by atoms with van der Waals surface area (Å²) in [5, 5.41) is 8.46. The Morgan fingerprint density at radius 3 is 2.79 bits per heavy atom. The van der Waals surface area contributed by atoms with E-state index in [-0.39, 0.29) is 15.7 Å². The Kier molecular flexibility index (Phi) is 3.51. The fourth-order valence-electron chi connectivity index (χ4n) is 1.00. The fourth-order valence-corrected chi connectivity index (χ4v) is 1.52. The molecule has 14 heavy (non-hydrogen) atoms. The second-order valence-corrected chi connectivity index (χ2v) is 3.38. The number of aliphatic carboxylic acids is 1. The summed E-state index contributed by atoms with van der Waals surface area (Å²) in [6.45, 7) is 0. The molecule has 0 atom stereocenters. The molecule has 3 nitrogen and oxygen atoms in total. The second kappa shape index (κ2) is 4.45. The number of hydrogen-bond donors (Lipinski definition) is 1. The van der Waals surface area contributed by atoms with Crippen molar-refractivity contribution in [3.63, 3.8) is 0 Å². The molecule has 0 saturated carbocycles. The van der Waals surface area contributed by atoms with Gasteiger partial charge in [-0.3, -0.25) is 9.78 Å². The Morgan fingerprint density at radius 1 is 1.64 bits per heavy atom. The highest BCUT2D eigenvalue weighted by atomic mass is 79.9. The second-order valence-electron chi connectivity index (χ2n) is 2.52. The molecule has 76 valence electrons. The lowest BCUT2D eigenvalue weighted by Gasteiger charge is -2.07. The minimum absolute atomic E-state index is 0.109. The van der Waals surface area contributed by atoms with Crippen LogP contribution in [0.5, 0.6) is 0 Å². The van der Waals surface area contributed by atoms with Crippen LogP contribution in [0.15, 0.2) is 16.7 Å². The van der Waals surface area contributed by atoms with E-state index in [2.05, 4.69) is 20.9 Å². The Labute approximate surface area is 86.9 Å². The summed E-state index contributed by atoms with van der Waals surface area (Å²) in [7, 11) is 0. The number of nitrogens with zero attached hydrogens (tertiary/aromatic N) is 1. The van der Waals surface area contributed by atoms with E-state index >= 15 is 0 Å². The number of aromatic nitrogens is 1. The molecule has 0 fully saturated rings. The summed E-state index contributed by atoms with van der Waals surface area (Å²) in [5.74, 6) is -1.18. The zero-order valence-corrected chi connectivity index (χ0v) is 8.46. The average molecular weight is 266 g/mol. The average Bonchev–Trinajstić information content (AvgIpc) is 2.01. The predicted molar refractivity (Wildman–Crippen MR) is 48.2 cm³/mol. The fraction of sp³-hybridized carbons (Fsp3) is 0.250. The highest BCUT2D eigenvalue weighted by Crippen LogP contribution is 2.29. The van der Waals surface area contributed by atoms with E-state index in [1.807, 2.05) is 0 Å². The van der Waals surface area contributed by atoms with Crippen molar-refractivity contribution in [3.8, 4) is 0 Å². The van der Waals surface area contributed by atoms with E-state index in [1.165, 1.54) is 12.3 Å². The van der Waals surface area contributed by atoms with Crippen molar-refractivity contribution >= 4 is 21.9 Å². The Morgan fingerprint density at radius 2 is 2.29 bits per heavy atom. The molecule has 0 aliphatic carbocycles. The first-order valence-corrected chi connectivity index (χ1v) is 4.45. The maximum Gasteiger partial charge on any atom is 0.309 e. The van der Waals surface area contributed by atoms with Gasteiger partial charge in [0, 0.05) is 10.7 Å². The van der Waals surface area contributed by atoms with Gasteiger partial charge in [-0.15, -0.1) is 0 Å². The van der Waals surface area contributed by atoms with Gasteiger partial charge >= 0.3 is 5.97 Å². The number of carboxylic acid groups (broad SMARTS) is 1. The molecule has 0 saturated heterocycles. The van der Waals surface area contributed by atoms with Crippen molar-refractivity contribution in [3.05, 3.63) is 28.0 Å². The van der Waals surface area contributed by atoms with Crippen molar-refractivity contribution in [2.24, 2.45) is 0 Å². The number of halogens is 3. The van der Waals surface area contributed by atoms with Gasteiger partial charge in [0.05, 0.1) is 17.7 Å². The highest BCUT2D eigenvalue weighted by molar-refractivity contribution is 9.10. The molecule has 6 heteroatoms. The lowest BCUT2D eigenvalue weighted by molar-refractivity contribution is -0.136. The Balaban J connectivity index is 3.14. The van der Waals surface area contributed by atoms with Gasteiger partial charge in [0.15, 0.2) is 0 Å². The molecule has 1 aromatic heterocycles. The minimum atomic E-state index is -2.73. The van der Waals surface area contributed by atoms with Gasteiger partial charge in [0.25, 0.3) is 6.43 Å². The standard InChI is InChI=1S/C8H6BrF2NO2/c9-4-1-2-12-5(3-6(13)14)7(4)8(10)11/h1-2,8H,3H2,(H,13,14). The molecular formula is C8H6BrF2NO2. The predicted octanol–water partition coefficient (Wildman–Crippen LogP) is 2.41. The molecule has 0 aromatic carbocycles. The Hall–Kier alpha value is -1.04. The number of rotatable bonds is 3. The van der Waals surface area contributed by atoms with Gasteiger partial charge in [0.1, 0.15) is 0 Å². The molecule has 1 aromatic rings. The quantitative estimate of drug-likeness (QED) is 0.913. The third-order valence-corrected chi connectivity index (χ3v) is 2.25. The van der Waals surface area contributed by atoms with Crippen LogP contribution in [0.1, 0.15) is 17.7 Å². The smallest absolute Gasteiger partial charge is 0.309 e. The molecule has 0 amide bonds. The molecule has 1 rings (SSSR count). The first-order chi connectivity index (χ1) is 6.52. The van der Waals surface area contributed by atoms with Gasteiger partial charge in [-0.25, -0.2) is 8.78 Å². The maximum atomic E-state index is 12.5. The number of carbonyl (C=O) groups is 1. The van der Waals surface area contributed by atoms with Gasteiger partial charge in [-0.2, -0.15) is 0 Å². The molecule has 0 spiro atoms. The first-order valence-electron chi connectivity index (χ1n) is 3.65. The summed E-state index contributed by atoms with van der Waals surface area (Å²) < 4.78 is 25.1. The summed E-state index contributed by atoms with van der Waals surface area (Å²) in [4.78, 5) is 14.0. The van der Waals surface area contributed by atoms with Crippen LogP contribution in [0, 0.1) is 0 Å².